The van der Waals surface area contributed by atoms with Gasteiger partial charge < -0.3 is 15.9 Å². The number of carbonyl (C=O) groups is 1. The molecule has 0 bridgehead atoms. The molecule has 0 saturated carbocycles. The van der Waals surface area contributed by atoms with Crippen LogP contribution in [-0.4, -0.2) is 48.4 Å². The van der Waals surface area contributed by atoms with Crippen molar-refractivity contribution in [3.8, 4) is 11.7 Å². The highest BCUT2D eigenvalue weighted by molar-refractivity contribution is 7.99. The van der Waals surface area contributed by atoms with Crippen LogP contribution >= 0.6 is 23.1 Å². The Morgan fingerprint density at radius 3 is 2.86 bits per heavy atom. The fourth-order valence-corrected chi connectivity index (χ4v) is 4.28. The summed E-state index contributed by atoms with van der Waals surface area (Å²) < 4.78 is 9.08. The van der Waals surface area contributed by atoms with Crippen LogP contribution in [0.4, 0.5) is 5.13 Å². The average molecular weight is 431 g/mol. The molecule has 3 N–H and O–H groups in total. The Kier molecular flexibility index (Phi) is 5.11. The second kappa shape index (κ2) is 7.72. The van der Waals surface area contributed by atoms with Crippen LogP contribution in [0.2, 0.25) is 0 Å². The molecule has 3 heterocycles. The summed E-state index contributed by atoms with van der Waals surface area (Å²) in [5.41, 5.74) is 2.55. The Bertz CT molecular complexity index is 1200. The summed E-state index contributed by atoms with van der Waals surface area (Å²) in [6.45, 7) is 3.79. The maximum Gasteiger partial charge on any atom is 0.271 e. The number of nitrogens with two attached hydrogens (primary N) is 1. The van der Waals surface area contributed by atoms with Gasteiger partial charge in [-0.15, -0.1) is 10.2 Å². The molecule has 12 heteroatoms. The molecule has 1 aromatic carbocycles. The molecule has 150 valence electrons. The zero-order chi connectivity index (χ0) is 20.5. The van der Waals surface area contributed by atoms with Gasteiger partial charge in [-0.25, -0.2) is 14.3 Å². The summed E-state index contributed by atoms with van der Waals surface area (Å²) >= 11 is 2.57. The van der Waals surface area contributed by atoms with Crippen LogP contribution in [0, 0.1) is 13.8 Å². The zero-order valence-corrected chi connectivity index (χ0v) is 17.5. The maximum atomic E-state index is 12.3. The number of thioether (sulfide) groups is 1. The number of nitrogens with zero attached hydrogens (tertiary/aromatic N) is 6. The van der Waals surface area contributed by atoms with Crippen molar-refractivity contribution in [1.29, 1.82) is 0 Å². The highest BCUT2D eigenvalue weighted by Gasteiger charge is 2.16. The fourth-order valence-electron chi connectivity index (χ4n) is 2.71. The number of ether oxygens (including phenoxy) is 1. The Morgan fingerprint density at radius 1 is 1.31 bits per heavy atom. The number of nitrogens with one attached hydrogen (secondary N) is 1. The van der Waals surface area contributed by atoms with Crippen LogP contribution < -0.4 is 15.9 Å². The van der Waals surface area contributed by atoms with Crippen LogP contribution in [-0.2, 0) is 4.79 Å². The summed E-state index contributed by atoms with van der Waals surface area (Å²) in [5.74, 6) is 7.13. The fraction of sp³-hybridized carbons (Fsp3) is 0.235. The van der Waals surface area contributed by atoms with E-state index >= 15 is 0 Å². The number of aromatic nitrogens is 6. The van der Waals surface area contributed by atoms with Gasteiger partial charge in [0.05, 0.1) is 28.8 Å². The van der Waals surface area contributed by atoms with E-state index in [4.69, 9.17) is 10.6 Å². The first kappa shape index (κ1) is 19.2. The van der Waals surface area contributed by atoms with Gasteiger partial charge in [0.15, 0.2) is 5.13 Å². The molecule has 0 radical (unpaired) electrons. The second-order valence-electron chi connectivity index (χ2n) is 6.18. The lowest BCUT2D eigenvalue weighted by Gasteiger charge is -2.04. The number of fused-ring (bicyclic) bond motifs is 1. The largest absolute Gasteiger partial charge is 0.497 e. The third-order valence-corrected chi connectivity index (χ3v) is 5.90. The Hall–Kier alpha value is -3.12. The van der Waals surface area contributed by atoms with Crippen molar-refractivity contribution in [3.05, 3.63) is 35.7 Å². The first-order valence-corrected chi connectivity index (χ1v) is 10.4. The van der Waals surface area contributed by atoms with Crippen molar-refractivity contribution in [3.63, 3.8) is 0 Å². The number of carbonyl (C=O) groups excluding carboxylic acids is 1. The molecule has 0 atom stereocenters. The van der Waals surface area contributed by atoms with E-state index in [1.807, 2.05) is 38.1 Å². The van der Waals surface area contributed by atoms with E-state index in [0.29, 0.717) is 16.2 Å². The lowest BCUT2D eigenvalue weighted by atomic mass is 10.3. The van der Waals surface area contributed by atoms with Gasteiger partial charge in [-0.2, -0.15) is 5.10 Å². The number of amides is 1. The zero-order valence-electron chi connectivity index (χ0n) is 15.9. The Balaban J connectivity index is 1.42. The lowest BCUT2D eigenvalue weighted by molar-refractivity contribution is -0.113. The highest BCUT2D eigenvalue weighted by Crippen LogP contribution is 2.29. The third kappa shape index (κ3) is 3.89. The van der Waals surface area contributed by atoms with E-state index in [-0.39, 0.29) is 11.7 Å². The molecule has 4 rings (SSSR count). The number of nitrogen functional groups attached to an aromatic ring is 1. The highest BCUT2D eigenvalue weighted by atomic mass is 32.2. The molecule has 4 aromatic rings. The van der Waals surface area contributed by atoms with E-state index < -0.39 is 0 Å². The molecule has 0 unspecified atom stereocenters. The molecular weight excluding hydrogens is 412 g/mol. The van der Waals surface area contributed by atoms with Gasteiger partial charge in [-0.1, -0.05) is 23.1 Å². The maximum absolute atomic E-state index is 12.3. The molecule has 29 heavy (non-hydrogen) atoms. The second-order valence-corrected chi connectivity index (χ2v) is 8.15. The van der Waals surface area contributed by atoms with Gasteiger partial charge in [0, 0.05) is 5.69 Å². The van der Waals surface area contributed by atoms with Gasteiger partial charge in [-0.3, -0.25) is 4.79 Å². The average Bonchev–Trinajstić information content (AvgIpc) is 3.35. The number of rotatable bonds is 6. The summed E-state index contributed by atoms with van der Waals surface area (Å²) in [6.07, 6.45) is 0. The van der Waals surface area contributed by atoms with Gasteiger partial charge >= 0.3 is 0 Å². The van der Waals surface area contributed by atoms with Crippen LogP contribution in [0.3, 0.4) is 0 Å². The topological polar surface area (TPSA) is 126 Å². The lowest BCUT2D eigenvalue weighted by Crippen LogP contribution is -2.18. The van der Waals surface area contributed by atoms with Gasteiger partial charge in [0.25, 0.3) is 5.95 Å². The van der Waals surface area contributed by atoms with Crippen molar-refractivity contribution in [2.75, 3.05) is 24.0 Å². The summed E-state index contributed by atoms with van der Waals surface area (Å²) in [5, 5.41) is 16.2. The summed E-state index contributed by atoms with van der Waals surface area (Å²) in [4.78, 5) is 16.7. The first-order chi connectivity index (χ1) is 13.9. The minimum absolute atomic E-state index is 0.117. The van der Waals surface area contributed by atoms with E-state index in [1.165, 1.54) is 27.8 Å². The first-order valence-electron chi connectivity index (χ1n) is 8.56. The number of anilines is 1. The van der Waals surface area contributed by atoms with E-state index in [2.05, 4.69) is 25.6 Å². The molecule has 3 aromatic heterocycles. The normalized spacial score (nSPS) is 11.1. The molecular formula is C17H18N8O2S2. The number of thiazole rings is 1. The SMILES string of the molecule is COc1ccc2nc(NC(=O)CSc3nnc(-n4nc(C)cc4C)n3N)sc2c1. The standard InChI is InChI=1S/C17H18N8O2S2/c1-9-6-10(2)25(23-9)16-21-22-17(24(16)18)28-8-14(26)20-15-19-12-5-4-11(27-3)7-13(12)29-15/h4-7H,8,18H2,1-3H3,(H,19,20,26). The van der Waals surface area contributed by atoms with Gasteiger partial charge in [-0.05, 0) is 38.1 Å². The third-order valence-electron chi connectivity index (χ3n) is 4.02. The molecule has 0 aliphatic rings. The monoisotopic (exact) mass is 430 g/mol. The minimum Gasteiger partial charge on any atom is -0.497 e. The molecule has 1 amide bonds. The minimum atomic E-state index is -0.211. The van der Waals surface area contributed by atoms with Crippen LogP contribution in [0.15, 0.2) is 29.4 Å². The molecule has 0 aliphatic heterocycles. The Labute approximate surface area is 174 Å². The predicted molar refractivity (Wildman–Crippen MR) is 112 cm³/mol. The van der Waals surface area contributed by atoms with Crippen molar-refractivity contribution in [1.82, 2.24) is 29.6 Å². The summed E-state index contributed by atoms with van der Waals surface area (Å²) in [6, 6.07) is 7.49. The van der Waals surface area contributed by atoms with Crippen LogP contribution in [0.1, 0.15) is 11.4 Å². The van der Waals surface area contributed by atoms with E-state index in [9.17, 15) is 4.79 Å². The molecule has 10 nitrogen and oxygen atoms in total. The number of methoxy groups -OCH3 is 1. The molecule has 0 fully saturated rings. The van der Waals surface area contributed by atoms with Crippen molar-refractivity contribution in [2.24, 2.45) is 0 Å². The van der Waals surface area contributed by atoms with Crippen molar-refractivity contribution >= 4 is 44.4 Å². The van der Waals surface area contributed by atoms with Gasteiger partial charge in [0.2, 0.25) is 11.1 Å². The van der Waals surface area contributed by atoms with Gasteiger partial charge in [0.1, 0.15) is 5.75 Å². The van der Waals surface area contributed by atoms with Crippen LogP contribution in [0.5, 0.6) is 5.75 Å². The number of benzene rings is 1. The quantitative estimate of drug-likeness (QED) is 0.352. The van der Waals surface area contributed by atoms with E-state index in [1.54, 1.807) is 11.8 Å². The number of hydrogen-bond donors (Lipinski definition) is 2. The van der Waals surface area contributed by atoms with Crippen molar-refractivity contribution < 1.29 is 9.53 Å². The molecule has 0 saturated heterocycles. The van der Waals surface area contributed by atoms with Crippen molar-refractivity contribution in [2.45, 2.75) is 19.0 Å². The Morgan fingerprint density at radius 2 is 2.14 bits per heavy atom. The molecule has 0 aliphatic carbocycles. The predicted octanol–water partition coefficient (Wildman–Crippen LogP) is 2.14. The molecule has 0 spiro atoms. The van der Waals surface area contributed by atoms with E-state index in [0.717, 1.165) is 27.4 Å². The summed E-state index contributed by atoms with van der Waals surface area (Å²) in [7, 11) is 1.61. The number of aryl methyl sites for hydroxylation is 2. The number of hydrogen-bond acceptors (Lipinski definition) is 9. The van der Waals surface area contributed by atoms with Crippen LogP contribution in [0.25, 0.3) is 16.2 Å². The smallest absolute Gasteiger partial charge is 0.271 e.